The van der Waals surface area contributed by atoms with Crippen LogP contribution in [-0.4, -0.2) is 22.9 Å². The summed E-state index contributed by atoms with van der Waals surface area (Å²) in [6.45, 7) is 1.92. The van der Waals surface area contributed by atoms with E-state index < -0.39 is 0 Å². The first-order valence-corrected chi connectivity index (χ1v) is 8.10. The Kier molecular flexibility index (Phi) is 4.16. The zero-order valence-corrected chi connectivity index (χ0v) is 13.7. The standard InChI is InChI=1S/C17H17N3O2S/c1-11-3-5-12(6-4-11)19-16(21)10-18-17(22)14-9-15-13(20(14)2)7-8-23-15/h3-9H,10H2,1-2H3,(H,18,22)(H,19,21). The molecule has 1 aromatic carbocycles. The van der Waals surface area contributed by atoms with Crippen molar-refractivity contribution in [3.05, 3.63) is 53.0 Å². The van der Waals surface area contributed by atoms with Crippen LogP contribution in [0.1, 0.15) is 16.1 Å². The molecular formula is C17H17N3O2S. The fourth-order valence-corrected chi connectivity index (χ4v) is 3.21. The largest absolute Gasteiger partial charge is 0.342 e. The average molecular weight is 327 g/mol. The molecule has 0 spiro atoms. The lowest BCUT2D eigenvalue weighted by Crippen LogP contribution is -2.33. The van der Waals surface area contributed by atoms with Crippen molar-refractivity contribution in [2.24, 2.45) is 7.05 Å². The second kappa shape index (κ2) is 6.26. The van der Waals surface area contributed by atoms with Gasteiger partial charge in [-0.2, -0.15) is 0 Å². The lowest BCUT2D eigenvalue weighted by molar-refractivity contribution is -0.115. The average Bonchev–Trinajstić information content (AvgIpc) is 3.11. The Bertz CT molecular complexity index is 862. The maximum absolute atomic E-state index is 12.2. The molecule has 6 heteroatoms. The van der Waals surface area contributed by atoms with Gasteiger partial charge in [-0.3, -0.25) is 9.59 Å². The van der Waals surface area contributed by atoms with Gasteiger partial charge in [0.25, 0.3) is 5.91 Å². The van der Waals surface area contributed by atoms with E-state index in [0.717, 1.165) is 15.8 Å². The molecule has 2 aromatic heterocycles. The smallest absolute Gasteiger partial charge is 0.268 e. The predicted octanol–water partition coefficient (Wildman–Crippen LogP) is 2.92. The van der Waals surface area contributed by atoms with Gasteiger partial charge < -0.3 is 15.2 Å². The van der Waals surface area contributed by atoms with Gasteiger partial charge in [-0.25, -0.2) is 0 Å². The third-order valence-corrected chi connectivity index (χ3v) is 4.49. The lowest BCUT2D eigenvalue weighted by atomic mass is 10.2. The van der Waals surface area contributed by atoms with E-state index in [0.29, 0.717) is 11.4 Å². The molecule has 0 aliphatic rings. The van der Waals surface area contributed by atoms with Crippen molar-refractivity contribution in [1.29, 1.82) is 0 Å². The Morgan fingerprint density at radius 2 is 1.91 bits per heavy atom. The third kappa shape index (κ3) is 3.27. The quantitative estimate of drug-likeness (QED) is 0.774. The van der Waals surface area contributed by atoms with Crippen LogP contribution in [0.15, 0.2) is 41.8 Å². The van der Waals surface area contributed by atoms with Crippen molar-refractivity contribution >= 4 is 39.1 Å². The van der Waals surface area contributed by atoms with Crippen LogP contribution in [0, 0.1) is 6.92 Å². The molecule has 0 saturated heterocycles. The summed E-state index contributed by atoms with van der Waals surface area (Å²) >= 11 is 1.59. The molecule has 0 saturated carbocycles. The van der Waals surface area contributed by atoms with E-state index in [9.17, 15) is 9.59 Å². The molecule has 0 aliphatic heterocycles. The van der Waals surface area contributed by atoms with Gasteiger partial charge in [0.15, 0.2) is 0 Å². The normalized spacial score (nSPS) is 10.7. The van der Waals surface area contributed by atoms with Crippen LogP contribution in [0.4, 0.5) is 5.69 Å². The number of carbonyl (C=O) groups excluding carboxylic acids is 2. The Morgan fingerprint density at radius 1 is 1.17 bits per heavy atom. The summed E-state index contributed by atoms with van der Waals surface area (Å²) < 4.78 is 2.89. The van der Waals surface area contributed by atoms with Gasteiger partial charge in [-0.1, -0.05) is 17.7 Å². The Labute approximate surface area is 137 Å². The maximum Gasteiger partial charge on any atom is 0.268 e. The van der Waals surface area contributed by atoms with Crippen molar-refractivity contribution in [2.45, 2.75) is 6.92 Å². The number of benzene rings is 1. The lowest BCUT2D eigenvalue weighted by Gasteiger charge is -2.08. The number of nitrogens with one attached hydrogen (secondary N) is 2. The second-order valence-corrected chi connectivity index (χ2v) is 6.30. The number of aryl methyl sites for hydroxylation is 2. The zero-order chi connectivity index (χ0) is 16.4. The number of hydrogen-bond acceptors (Lipinski definition) is 3. The van der Waals surface area contributed by atoms with Gasteiger partial charge in [-0.05, 0) is 36.6 Å². The van der Waals surface area contributed by atoms with Crippen LogP contribution in [-0.2, 0) is 11.8 Å². The van der Waals surface area contributed by atoms with Crippen molar-refractivity contribution in [3.63, 3.8) is 0 Å². The number of rotatable bonds is 4. The van der Waals surface area contributed by atoms with Crippen LogP contribution < -0.4 is 10.6 Å². The SMILES string of the molecule is Cc1ccc(NC(=O)CNC(=O)c2cc3sccc3n2C)cc1. The molecule has 3 rings (SSSR count). The van der Waals surface area contributed by atoms with E-state index in [2.05, 4.69) is 10.6 Å². The summed E-state index contributed by atoms with van der Waals surface area (Å²) in [6.07, 6.45) is 0. The molecule has 2 heterocycles. The minimum Gasteiger partial charge on any atom is -0.342 e. The second-order valence-electron chi connectivity index (χ2n) is 5.36. The highest BCUT2D eigenvalue weighted by atomic mass is 32.1. The summed E-state index contributed by atoms with van der Waals surface area (Å²) in [5, 5.41) is 7.40. The molecule has 2 N–H and O–H groups in total. The topological polar surface area (TPSA) is 63.1 Å². The minimum atomic E-state index is -0.255. The van der Waals surface area contributed by atoms with Gasteiger partial charge in [0.1, 0.15) is 5.69 Å². The third-order valence-electron chi connectivity index (χ3n) is 3.64. The Balaban J connectivity index is 1.60. The summed E-state index contributed by atoms with van der Waals surface area (Å²) in [5.41, 5.74) is 3.41. The highest BCUT2D eigenvalue weighted by Gasteiger charge is 2.14. The van der Waals surface area contributed by atoms with E-state index in [1.807, 2.05) is 60.3 Å². The Morgan fingerprint density at radius 3 is 2.61 bits per heavy atom. The highest BCUT2D eigenvalue weighted by Crippen LogP contribution is 2.23. The number of thiophene rings is 1. The van der Waals surface area contributed by atoms with Gasteiger partial charge in [-0.15, -0.1) is 11.3 Å². The van der Waals surface area contributed by atoms with Crippen LogP contribution in [0.25, 0.3) is 10.2 Å². The maximum atomic E-state index is 12.2. The van der Waals surface area contributed by atoms with Gasteiger partial charge in [0, 0.05) is 12.7 Å². The zero-order valence-electron chi connectivity index (χ0n) is 12.9. The molecule has 5 nitrogen and oxygen atoms in total. The molecular weight excluding hydrogens is 310 g/mol. The van der Waals surface area contributed by atoms with Crippen LogP contribution in [0.2, 0.25) is 0 Å². The number of aromatic nitrogens is 1. The van der Waals surface area contributed by atoms with E-state index in [-0.39, 0.29) is 18.4 Å². The monoisotopic (exact) mass is 327 g/mol. The van der Waals surface area contributed by atoms with Gasteiger partial charge in [0.05, 0.1) is 16.8 Å². The summed E-state index contributed by atoms with van der Waals surface area (Å²) in [6, 6.07) is 11.3. The van der Waals surface area contributed by atoms with Crippen LogP contribution in [0.3, 0.4) is 0 Å². The molecule has 3 aromatic rings. The molecule has 0 unspecified atom stereocenters. The minimum absolute atomic E-state index is 0.0639. The van der Waals surface area contributed by atoms with Crippen LogP contribution in [0.5, 0.6) is 0 Å². The van der Waals surface area contributed by atoms with Gasteiger partial charge in [0.2, 0.25) is 5.91 Å². The summed E-state index contributed by atoms with van der Waals surface area (Å²) in [4.78, 5) is 24.1. The number of hydrogen-bond donors (Lipinski definition) is 2. The number of carbonyl (C=O) groups is 2. The molecule has 2 amide bonds. The summed E-state index contributed by atoms with van der Waals surface area (Å²) in [5.74, 6) is -0.506. The molecule has 0 fully saturated rings. The van der Waals surface area contributed by atoms with E-state index in [1.165, 1.54) is 0 Å². The summed E-state index contributed by atoms with van der Waals surface area (Å²) in [7, 11) is 1.84. The number of amides is 2. The highest BCUT2D eigenvalue weighted by molar-refractivity contribution is 7.17. The first kappa shape index (κ1) is 15.3. The van der Waals surface area contributed by atoms with Gasteiger partial charge >= 0.3 is 0 Å². The van der Waals surface area contributed by atoms with Crippen molar-refractivity contribution in [2.75, 3.05) is 11.9 Å². The van der Waals surface area contributed by atoms with Crippen molar-refractivity contribution in [1.82, 2.24) is 9.88 Å². The fraction of sp³-hybridized carbons (Fsp3) is 0.176. The fourth-order valence-electron chi connectivity index (χ4n) is 2.36. The molecule has 118 valence electrons. The molecule has 23 heavy (non-hydrogen) atoms. The number of nitrogens with zero attached hydrogens (tertiary/aromatic N) is 1. The van der Waals surface area contributed by atoms with Crippen molar-refractivity contribution in [3.8, 4) is 0 Å². The van der Waals surface area contributed by atoms with Crippen LogP contribution >= 0.6 is 11.3 Å². The molecule has 0 radical (unpaired) electrons. The predicted molar refractivity (Wildman–Crippen MR) is 92.9 cm³/mol. The molecule has 0 aliphatic carbocycles. The number of fused-ring (bicyclic) bond motifs is 1. The first-order chi connectivity index (χ1) is 11.0. The van der Waals surface area contributed by atoms with E-state index in [1.54, 1.807) is 11.3 Å². The Hall–Kier alpha value is -2.60. The number of anilines is 1. The molecule has 0 atom stereocenters. The van der Waals surface area contributed by atoms with E-state index >= 15 is 0 Å². The first-order valence-electron chi connectivity index (χ1n) is 7.22. The molecule has 0 bridgehead atoms. The van der Waals surface area contributed by atoms with E-state index in [4.69, 9.17) is 0 Å². The van der Waals surface area contributed by atoms with Crippen molar-refractivity contribution < 1.29 is 9.59 Å².